The number of imide groups is 1. The smallest absolute Gasteiger partial charge is 0.262 e. The van der Waals surface area contributed by atoms with Crippen LogP contribution in [0.15, 0.2) is 54.6 Å². The molecule has 7 heteroatoms. The van der Waals surface area contributed by atoms with Gasteiger partial charge in [-0.2, -0.15) is 0 Å². The number of hydrogen-bond acceptors (Lipinski definition) is 4. The Labute approximate surface area is 169 Å². The number of hydrogen-bond donors (Lipinski definition) is 2. The van der Waals surface area contributed by atoms with Crippen LogP contribution in [0.25, 0.3) is 0 Å². The van der Waals surface area contributed by atoms with E-state index in [0.717, 1.165) is 10.5 Å². The Morgan fingerprint density at radius 3 is 2.00 bits per heavy atom. The Morgan fingerprint density at radius 1 is 0.862 bits per heavy atom. The first-order chi connectivity index (χ1) is 14.0. The molecule has 1 unspecified atom stereocenters. The fourth-order valence-electron chi connectivity index (χ4n) is 3.26. The van der Waals surface area contributed by atoms with Crippen LogP contribution >= 0.6 is 0 Å². The van der Waals surface area contributed by atoms with Crippen LogP contribution in [-0.4, -0.2) is 47.7 Å². The van der Waals surface area contributed by atoms with Crippen molar-refractivity contribution in [3.8, 4) is 0 Å². The van der Waals surface area contributed by atoms with Gasteiger partial charge in [-0.25, -0.2) is 0 Å². The van der Waals surface area contributed by atoms with E-state index < -0.39 is 23.8 Å². The summed E-state index contributed by atoms with van der Waals surface area (Å²) in [6.45, 7) is 2.23. The first-order valence-corrected chi connectivity index (χ1v) is 9.58. The van der Waals surface area contributed by atoms with Crippen LogP contribution in [0.4, 0.5) is 0 Å². The molecule has 1 heterocycles. The number of nitrogens with zero attached hydrogens (tertiary/aromatic N) is 1. The van der Waals surface area contributed by atoms with Gasteiger partial charge < -0.3 is 10.6 Å². The second-order valence-electron chi connectivity index (χ2n) is 6.73. The summed E-state index contributed by atoms with van der Waals surface area (Å²) in [4.78, 5) is 51.0. The topological polar surface area (TPSA) is 95.6 Å². The van der Waals surface area contributed by atoms with Crippen LogP contribution in [0.1, 0.15) is 39.6 Å². The molecule has 29 heavy (non-hydrogen) atoms. The Bertz CT molecular complexity index is 892. The predicted octanol–water partition coefficient (Wildman–Crippen LogP) is 1.54. The van der Waals surface area contributed by atoms with E-state index in [1.54, 1.807) is 31.2 Å². The fraction of sp³-hybridized carbons (Fsp3) is 0.273. The number of carbonyl (C=O) groups is 4. The molecule has 0 saturated heterocycles. The molecule has 4 amide bonds. The zero-order chi connectivity index (χ0) is 20.8. The van der Waals surface area contributed by atoms with Crippen molar-refractivity contribution in [2.75, 3.05) is 13.1 Å². The Hall–Kier alpha value is -3.48. The first kappa shape index (κ1) is 20.3. The van der Waals surface area contributed by atoms with Gasteiger partial charge in [0.05, 0.1) is 11.1 Å². The lowest BCUT2D eigenvalue weighted by Gasteiger charge is -2.25. The second kappa shape index (κ2) is 9.14. The summed E-state index contributed by atoms with van der Waals surface area (Å²) in [6, 6.07) is 14.8. The minimum atomic E-state index is -0.980. The van der Waals surface area contributed by atoms with E-state index in [0.29, 0.717) is 17.5 Å². The molecular weight excluding hydrogens is 370 g/mol. The monoisotopic (exact) mass is 393 g/mol. The molecule has 0 aliphatic carbocycles. The summed E-state index contributed by atoms with van der Waals surface area (Å²) in [5.41, 5.74) is 1.45. The lowest BCUT2D eigenvalue weighted by molar-refractivity contribution is -0.125. The summed E-state index contributed by atoms with van der Waals surface area (Å²) in [7, 11) is 0. The van der Waals surface area contributed by atoms with Gasteiger partial charge in [0.1, 0.15) is 6.04 Å². The number of rotatable bonds is 8. The van der Waals surface area contributed by atoms with Gasteiger partial charge in [0.2, 0.25) is 11.8 Å². The quantitative estimate of drug-likeness (QED) is 0.525. The molecule has 0 spiro atoms. The number of amides is 4. The molecule has 3 rings (SSSR count). The molecule has 0 saturated carbocycles. The highest BCUT2D eigenvalue weighted by Crippen LogP contribution is 2.26. The van der Waals surface area contributed by atoms with Gasteiger partial charge >= 0.3 is 0 Å². The average molecular weight is 393 g/mol. The minimum Gasteiger partial charge on any atom is -0.354 e. The van der Waals surface area contributed by atoms with Crippen molar-refractivity contribution in [1.82, 2.24) is 15.5 Å². The van der Waals surface area contributed by atoms with Crippen molar-refractivity contribution in [2.24, 2.45) is 0 Å². The average Bonchev–Trinajstić information content (AvgIpc) is 3.00. The highest BCUT2D eigenvalue weighted by molar-refractivity contribution is 6.22. The van der Waals surface area contributed by atoms with Crippen molar-refractivity contribution in [1.29, 1.82) is 0 Å². The molecule has 1 aliphatic heterocycles. The van der Waals surface area contributed by atoms with Crippen LogP contribution < -0.4 is 10.6 Å². The molecule has 0 bridgehead atoms. The number of nitrogens with one attached hydrogen (secondary N) is 2. The number of fused-ring (bicyclic) bond motifs is 1. The van der Waals surface area contributed by atoms with Gasteiger partial charge in [0.25, 0.3) is 11.8 Å². The molecule has 7 nitrogen and oxygen atoms in total. The highest BCUT2D eigenvalue weighted by atomic mass is 16.2. The normalized spacial score (nSPS) is 13.8. The summed E-state index contributed by atoms with van der Waals surface area (Å²) >= 11 is 0. The molecule has 0 aromatic heterocycles. The van der Waals surface area contributed by atoms with Gasteiger partial charge in [-0.15, -0.1) is 0 Å². The van der Waals surface area contributed by atoms with Crippen LogP contribution in [0.2, 0.25) is 0 Å². The zero-order valence-electron chi connectivity index (χ0n) is 16.2. The van der Waals surface area contributed by atoms with Gasteiger partial charge in [-0.3, -0.25) is 24.1 Å². The van der Waals surface area contributed by atoms with Crippen LogP contribution in [0.3, 0.4) is 0 Å². The van der Waals surface area contributed by atoms with Gasteiger partial charge in [0.15, 0.2) is 0 Å². The maximum atomic E-state index is 12.9. The molecule has 0 radical (unpaired) electrons. The largest absolute Gasteiger partial charge is 0.354 e. The van der Waals surface area contributed by atoms with E-state index in [-0.39, 0.29) is 25.4 Å². The van der Waals surface area contributed by atoms with E-state index >= 15 is 0 Å². The third kappa shape index (κ3) is 4.51. The Balaban J connectivity index is 1.78. The maximum Gasteiger partial charge on any atom is 0.262 e. The third-order valence-corrected chi connectivity index (χ3v) is 4.78. The van der Waals surface area contributed by atoms with E-state index in [2.05, 4.69) is 10.6 Å². The summed E-state index contributed by atoms with van der Waals surface area (Å²) in [6.07, 6.45) is 0.569. The fourth-order valence-corrected chi connectivity index (χ4v) is 3.26. The zero-order valence-corrected chi connectivity index (χ0v) is 16.2. The minimum absolute atomic E-state index is 0.111. The lowest BCUT2D eigenvalue weighted by Crippen LogP contribution is -2.51. The Morgan fingerprint density at radius 2 is 1.41 bits per heavy atom. The van der Waals surface area contributed by atoms with Crippen molar-refractivity contribution in [3.05, 3.63) is 71.3 Å². The third-order valence-electron chi connectivity index (χ3n) is 4.78. The molecule has 2 N–H and O–H groups in total. The van der Waals surface area contributed by atoms with Crippen molar-refractivity contribution >= 4 is 23.6 Å². The molecule has 150 valence electrons. The summed E-state index contributed by atoms with van der Waals surface area (Å²) in [5, 5.41) is 5.40. The summed E-state index contributed by atoms with van der Waals surface area (Å²) in [5.74, 6) is -1.49. The molecule has 1 aliphatic rings. The molecule has 0 fully saturated rings. The van der Waals surface area contributed by atoms with E-state index in [9.17, 15) is 19.2 Å². The molecule has 1 atom stereocenters. The molecule has 2 aromatic carbocycles. The first-order valence-electron chi connectivity index (χ1n) is 9.58. The van der Waals surface area contributed by atoms with Crippen LogP contribution in [-0.2, 0) is 16.0 Å². The lowest BCUT2D eigenvalue weighted by atomic mass is 10.0. The standard InChI is InChI=1S/C22H23N3O4/c1-2-19(26)23-12-13-24-20(27)18(14-15-8-4-3-5-9-15)25-21(28)16-10-6-7-11-17(16)22(25)29/h3-11,18H,2,12-14H2,1H3,(H,23,26)(H,24,27). The van der Waals surface area contributed by atoms with Gasteiger partial charge in [0, 0.05) is 25.9 Å². The van der Waals surface area contributed by atoms with E-state index in [4.69, 9.17) is 0 Å². The van der Waals surface area contributed by atoms with E-state index in [1.807, 2.05) is 30.3 Å². The number of benzene rings is 2. The Kier molecular flexibility index (Phi) is 6.39. The van der Waals surface area contributed by atoms with Gasteiger partial charge in [-0.05, 0) is 17.7 Å². The van der Waals surface area contributed by atoms with Crippen molar-refractivity contribution < 1.29 is 19.2 Å². The van der Waals surface area contributed by atoms with Gasteiger partial charge in [-0.1, -0.05) is 49.4 Å². The maximum absolute atomic E-state index is 12.9. The highest BCUT2D eigenvalue weighted by Gasteiger charge is 2.42. The van der Waals surface area contributed by atoms with Crippen LogP contribution in [0, 0.1) is 0 Å². The number of carbonyl (C=O) groups excluding carboxylic acids is 4. The van der Waals surface area contributed by atoms with Crippen LogP contribution in [0.5, 0.6) is 0 Å². The second-order valence-corrected chi connectivity index (χ2v) is 6.73. The van der Waals surface area contributed by atoms with E-state index in [1.165, 1.54) is 0 Å². The predicted molar refractivity (Wildman–Crippen MR) is 107 cm³/mol. The SMILES string of the molecule is CCC(=O)NCCNC(=O)C(Cc1ccccc1)N1C(=O)c2ccccc2C1=O. The van der Waals surface area contributed by atoms with Crippen molar-refractivity contribution in [3.63, 3.8) is 0 Å². The van der Waals surface area contributed by atoms with Crippen molar-refractivity contribution in [2.45, 2.75) is 25.8 Å². The summed E-state index contributed by atoms with van der Waals surface area (Å²) < 4.78 is 0. The molecule has 2 aromatic rings. The molecular formula is C22H23N3O4.